The van der Waals surface area contributed by atoms with Gasteiger partial charge in [-0.3, -0.25) is 4.79 Å². The third-order valence-electron chi connectivity index (χ3n) is 3.85. The lowest BCUT2D eigenvalue weighted by atomic mass is 10.1. The van der Waals surface area contributed by atoms with Gasteiger partial charge in [-0.05, 0) is 18.2 Å². The van der Waals surface area contributed by atoms with Gasteiger partial charge in [-0.15, -0.1) is 0 Å². The van der Waals surface area contributed by atoms with Crippen molar-refractivity contribution in [3.05, 3.63) is 28.8 Å². The van der Waals surface area contributed by atoms with Crippen LogP contribution < -0.4 is 4.90 Å². The van der Waals surface area contributed by atoms with Gasteiger partial charge in [0.25, 0.3) is 0 Å². The Balaban J connectivity index is 2.10. The van der Waals surface area contributed by atoms with Crippen LogP contribution in [-0.2, 0) is 20.8 Å². The number of halogens is 4. The van der Waals surface area contributed by atoms with E-state index < -0.39 is 38.5 Å². The minimum Gasteiger partial charge on any atom is -0.316 e. The van der Waals surface area contributed by atoms with Crippen molar-refractivity contribution in [2.45, 2.75) is 24.4 Å². The number of thioether (sulfide) groups is 1. The molecule has 2 heterocycles. The summed E-state index contributed by atoms with van der Waals surface area (Å²) in [6.07, 6.45) is -4.65. The van der Waals surface area contributed by atoms with Gasteiger partial charge in [-0.1, -0.05) is 23.4 Å². The van der Waals surface area contributed by atoms with Gasteiger partial charge in [-0.2, -0.15) is 18.2 Å². The van der Waals surface area contributed by atoms with Crippen LogP contribution in [0.4, 0.5) is 18.9 Å². The fourth-order valence-electron chi connectivity index (χ4n) is 2.88. The van der Waals surface area contributed by atoms with Gasteiger partial charge in [0.2, 0.25) is 5.91 Å². The Hall–Kier alpha value is -1.26. The highest BCUT2D eigenvalue weighted by molar-refractivity contribution is 8.16. The molecule has 2 atom stereocenters. The smallest absolute Gasteiger partial charge is 0.316 e. The summed E-state index contributed by atoms with van der Waals surface area (Å²) in [7, 11) is -3.30. The molecular formula is C14H12ClF3N2O3S2. The summed E-state index contributed by atoms with van der Waals surface area (Å²) in [6.45, 7) is 1.22. The maximum absolute atomic E-state index is 13.1. The summed E-state index contributed by atoms with van der Waals surface area (Å²) in [5.41, 5.74) is -0.919. The number of rotatable bonds is 1. The summed E-state index contributed by atoms with van der Waals surface area (Å²) in [5.74, 6) is -0.818. The van der Waals surface area contributed by atoms with E-state index in [9.17, 15) is 26.4 Å². The van der Waals surface area contributed by atoms with Crippen molar-refractivity contribution in [2.24, 2.45) is 4.99 Å². The molecule has 1 aromatic carbocycles. The molecule has 1 amide bonds. The zero-order valence-electron chi connectivity index (χ0n) is 12.7. The van der Waals surface area contributed by atoms with Gasteiger partial charge in [0.15, 0.2) is 15.0 Å². The Bertz CT molecular complexity index is 871. The topological polar surface area (TPSA) is 66.8 Å². The molecule has 0 saturated carbocycles. The van der Waals surface area contributed by atoms with Gasteiger partial charge >= 0.3 is 6.18 Å². The first kappa shape index (κ1) is 18.5. The first-order chi connectivity index (χ1) is 11.5. The summed E-state index contributed by atoms with van der Waals surface area (Å²) < 4.78 is 63.1. The number of aliphatic imine (C=N–C) groups is 1. The molecule has 2 aliphatic heterocycles. The Morgan fingerprint density at radius 1 is 1.36 bits per heavy atom. The van der Waals surface area contributed by atoms with E-state index in [4.69, 9.17) is 11.6 Å². The van der Waals surface area contributed by atoms with Gasteiger partial charge in [-0.25, -0.2) is 8.42 Å². The molecule has 0 bridgehead atoms. The molecule has 2 saturated heterocycles. The predicted octanol–water partition coefficient (Wildman–Crippen LogP) is 2.98. The molecule has 11 heteroatoms. The van der Waals surface area contributed by atoms with Crippen LogP contribution in [-0.4, -0.2) is 42.3 Å². The molecule has 0 aromatic heterocycles. The van der Waals surface area contributed by atoms with E-state index >= 15 is 0 Å². The molecule has 3 rings (SSSR count). The number of amidine groups is 1. The molecule has 2 fully saturated rings. The van der Waals surface area contributed by atoms with Gasteiger partial charge in [0.1, 0.15) is 0 Å². The predicted molar refractivity (Wildman–Crippen MR) is 90.9 cm³/mol. The molecule has 0 N–H and O–H groups in total. The van der Waals surface area contributed by atoms with E-state index in [1.807, 2.05) is 0 Å². The zero-order valence-corrected chi connectivity index (χ0v) is 15.1. The number of alkyl halides is 3. The first-order valence-electron chi connectivity index (χ1n) is 7.10. The van der Waals surface area contributed by atoms with Crippen molar-refractivity contribution in [1.29, 1.82) is 0 Å². The molecule has 2 unspecified atom stereocenters. The number of nitrogens with zero attached hydrogens (tertiary/aromatic N) is 2. The fraction of sp³-hybridized carbons (Fsp3) is 0.429. The van der Waals surface area contributed by atoms with Crippen LogP contribution in [0.2, 0.25) is 5.02 Å². The van der Waals surface area contributed by atoms with Crippen LogP contribution in [0.1, 0.15) is 12.5 Å². The SMILES string of the molecule is CC(=O)N=C1SC2CS(=O)(=O)CC2N1c1ccc(Cl)c(C(F)(F)F)c1. The number of benzene rings is 1. The maximum atomic E-state index is 13.1. The highest BCUT2D eigenvalue weighted by Gasteiger charge is 2.49. The van der Waals surface area contributed by atoms with E-state index in [2.05, 4.69) is 4.99 Å². The Kier molecular flexibility index (Phi) is 4.57. The molecule has 0 radical (unpaired) electrons. The number of sulfone groups is 1. The molecule has 1 aromatic rings. The minimum atomic E-state index is -4.65. The van der Waals surface area contributed by atoms with E-state index in [-0.39, 0.29) is 27.6 Å². The highest BCUT2D eigenvalue weighted by atomic mass is 35.5. The third-order valence-corrected chi connectivity index (χ3v) is 7.39. The third kappa shape index (κ3) is 3.65. The molecular weight excluding hydrogens is 401 g/mol. The van der Waals surface area contributed by atoms with E-state index in [1.165, 1.54) is 17.9 Å². The summed E-state index contributed by atoms with van der Waals surface area (Å²) in [4.78, 5) is 16.6. The summed E-state index contributed by atoms with van der Waals surface area (Å²) in [6, 6.07) is 2.75. The van der Waals surface area contributed by atoms with Crippen molar-refractivity contribution in [2.75, 3.05) is 16.4 Å². The Morgan fingerprint density at radius 2 is 2.04 bits per heavy atom. The van der Waals surface area contributed by atoms with Crippen molar-refractivity contribution >= 4 is 50.0 Å². The first-order valence-corrected chi connectivity index (χ1v) is 10.2. The Labute approximate surface area is 151 Å². The fourth-order valence-corrected chi connectivity index (χ4v) is 7.06. The average molecular weight is 413 g/mol. The number of amides is 1. The van der Waals surface area contributed by atoms with E-state index in [1.54, 1.807) is 0 Å². The van der Waals surface area contributed by atoms with Gasteiger partial charge in [0, 0.05) is 17.9 Å². The van der Waals surface area contributed by atoms with Crippen molar-refractivity contribution < 1.29 is 26.4 Å². The number of carbonyl (C=O) groups is 1. The molecule has 0 aliphatic carbocycles. The number of anilines is 1. The van der Waals surface area contributed by atoms with E-state index in [0.29, 0.717) is 0 Å². The van der Waals surface area contributed by atoms with Crippen molar-refractivity contribution in [3.63, 3.8) is 0 Å². The maximum Gasteiger partial charge on any atom is 0.417 e. The second kappa shape index (κ2) is 6.17. The molecule has 25 heavy (non-hydrogen) atoms. The lowest BCUT2D eigenvalue weighted by molar-refractivity contribution is -0.137. The van der Waals surface area contributed by atoms with Crippen LogP contribution in [0.3, 0.4) is 0 Å². The minimum absolute atomic E-state index is 0.102. The number of fused-ring (bicyclic) bond motifs is 1. The van der Waals surface area contributed by atoms with Crippen LogP contribution in [0.15, 0.2) is 23.2 Å². The molecule has 0 spiro atoms. The molecule has 5 nitrogen and oxygen atoms in total. The van der Waals surface area contributed by atoms with E-state index in [0.717, 1.165) is 23.9 Å². The van der Waals surface area contributed by atoms with Crippen LogP contribution >= 0.6 is 23.4 Å². The zero-order chi connectivity index (χ0) is 18.6. The number of hydrogen-bond acceptors (Lipinski definition) is 4. The second-order valence-electron chi connectivity index (χ2n) is 5.75. The number of hydrogen-bond donors (Lipinski definition) is 0. The summed E-state index contributed by atoms with van der Waals surface area (Å²) in [5, 5.41) is -0.635. The number of carbonyl (C=O) groups excluding carboxylic acids is 1. The van der Waals surface area contributed by atoms with Crippen LogP contribution in [0.25, 0.3) is 0 Å². The average Bonchev–Trinajstić information content (AvgIpc) is 2.88. The largest absolute Gasteiger partial charge is 0.417 e. The molecule has 2 aliphatic rings. The highest BCUT2D eigenvalue weighted by Crippen LogP contribution is 2.43. The second-order valence-corrected chi connectivity index (χ2v) is 9.51. The Morgan fingerprint density at radius 3 is 2.64 bits per heavy atom. The quantitative estimate of drug-likeness (QED) is 0.709. The lowest BCUT2D eigenvalue weighted by Crippen LogP contribution is -2.37. The van der Waals surface area contributed by atoms with Crippen molar-refractivity contribution in [3.8, 4) is 0 Å². The monoisotopic (exact) mass is 412 g/mol. The normalized spacial score (nSPS) is 26.9. The lowest BCUT2D eigenvalue weighted by Gasteiger charge is -2.25. The summed E-state index contributed by atoms with van der Waals surface area (Å²) >= 11 is 6.73. The van der Waals surface area contributed by atoms with Crippen LogP contribution in [0.5, 0.6) is 0 Å². The standard InChI is InChI=1S/C14H12ClF3N2O3S2/c1-7(21)19-13-20(11-5-25(22,23)6-12(11)24-13)8-2-3-10(15)9(4-8)14(16,17)18/h2-4,11-12H,5-6H2,1H3. The van der Waals surface area contributed by atoms with Gasteiger partial charge in [0.05, 0.1) is 28.1 Å². The molecule has 136 valence electrons. The van der Waals surface area contributed by atoms with Gasteiger partial charge < -0.3 is 4.90 Å². The van der Waals surface area contributed by atoms with Crippen LogP contribution in [0, 0.1) is 0 Å². The van der Waals surface area contributed by atoms with Crippen molar-refractivity contribution in [1.82, 2.24) is 0 Å².